The lowest BCUT2D eigenvalue weighted by Gasteiger charge is -2.25. The third-order valence-corrected chi connectivity index (χ3v) is 5.58. The van der Waals surface area contributed by atoms with E-state index in [-0.39, 0.29) is 5.91 Å². The third-order valence-electron chi connectivity index (χ3n) is 5.37. The van der Waals surface area contributed by atoms with Crippen molar-refractivity contribution in [3.63, 3.8) is 0 Å². The van der Waals surface area contributed by atoms with Gasteiger partial charge in [-0.2, -0.15) is 5.10 Å². The molecule has 3 aromatic rings. The molecule has 0 unspecified atom stereocenters. The molecule has 29 heavy (non-hydrogen) atoms. The second-order valence-electron chi connectivity index (χ2n) is 7.36. The van der Waals surface area contributed by atoms with Crippen LogP contribution in [0.3, 0.4) is 0 Å². The molecule has 0 radical (unpaired) electrons. The van der Waals surface area contributed by atoms with Crippen LogP contribution >= 0.6 is 11.6 Å². The number of nitrogens with zero attached hydrogens (tertiary/aromatic N) is 4. The summed E-state index contributed by atoms with van der Waals surface area (Å²) in [6.45, 7) is 3.06. The Morgan fingerprint density at radius 2 is 2.07 bits per heavy atom. The molecule has 1 aliphatic carbocycles. The highest BCUT2D eigenvalue weighted by Crippen LogP contribution is 2.30. The highest BCUT2D eigenvalue weighted by molar-refractivity contribution is 6.29. The molecule has 4 rings (SSSR count). The number of fused-ring (bicyclic) bond motifs is 1. The Bertz CT molecular complexity index is 1010. The van der Waals surface area contributed by atoms with Gasteiger partial charge in [0.05, 0.1) is 35.1 Å². The summed E-state index contributed by atoms with van der Waals surface area (Å²) in [7, 11) is 0. The number of hydrogen-bond acceptors (Lipinski definition) is 5. The molecule has 7 nitrogen and oxygen atoms in total. The fraction of sp³-hybridized carbons (Fsp3) is 0.429. The molecular formula is C21H25ClN6O. The van der Waals surface area contributed by atoms with Gasteiger partial charge in [-0.25, -0.2) is 14.6 Å². The lowest BCUT2D eigenvalue weighted by molar-refractivity contribution is 0.0951. The smallest absolute Gasteiger partial charge is 0.255 e. The van der Waals surface area contributed by atoms with Crippen LogP contribution in [-0.4, -0.2) is 31.7 Å². The highest BCUT2D eigenvalue weighted by atomic mass is 35.5. The molecule has 2 N–H and O–H groups in total. The molecule has 0 spiro atoms. The number of amides is 1. The van der Waals surface area contributed by atoms with E-state index in [0.717, 1.165) is 36.1 Å². The Labute approximate surface area is 174 Å². The van der Waals surface area contributed by atoms with Gasteiger partial charge in [0, 0.05) is 18.8 Å². The molecule has 3 aromatic heterocycles. The van der Waals surface area contributed by atoms with E-state index in [9.17, 15) is 4.79 Å². The first-order chi connectivity index (χ1) is 14.2. The summed E-state index contributed by atoms with van der Waals surface area (Å²) < 4.78 is 1.85. The van der Waals surface area contributed by atoms with E-state index in [1.54, 1.807) is 18.5 Å². The minimum atomic E-state index is -0.191. The molecule has 0 aromatic carbocycles. The predicted molar refractivity (Wildman–Crippen MR) is 114 cm³/mol. The van der Waals surface area contributed by atoms with Gasteiger partial charge in [0.1, 0.15) is 5.15 Å². The largest absolute Gasteiger partial charge is 0.381 e. The fourth-order valence-electron chi connectivity index (χ4n) is 3.85. The molecule has 1 amide bonds. The van der Waals surface area contributed by atoms with Crippen molar-refractivity contribution in [2.45, 2.75) is 58.2 Å². The second-order valence-corrected chi connectivity index (χ2v) is 7.75. The van der Waals surface area contributed by atoms with Crippen LogP contribution in [0.2, 0.25) is 5.15 Å². The number of pyridine rings is 2. The SMILES string of the molecule is CCn1ncc2c(NC3CCCCC3)c(C(=O)NCc3cccc(Cl)n3)cnc21. The van der Waals surface area contributed by atoms with Crippen molar-refractivity contribution in [3.05, 3.63) is 47.0 Å². The van der Waals surface area contributed by atoms with Gasteiger partial charge in [0.2, 0.25) is 0 Å². The van der Waals surface area contributed by atoms with Crippen molar-refractivity contribution in [1.29, 1.82) is 0 Å². The van der Waals surface area contributed by atoms with Crippen LogP contribution in [-0.2, 0) is 13.1 Å². The van der Waals surface area contributed by atoms with E-state index in [1.807, 2.05) is 23.7 Å². The second kappa shape index (κ2) is 8.78. The van der Waals surface area contributed by atoms with Crippen LogP contribution < -0.4 is 10.6 Å². The minimum absolute atomic E-state index is 0.191. The molecule has 0 bridgehead atoms. The number of anilines is 1. The van der Waals surface area contributed by atoms with Crippen LogP contribution in [0.5, 0.6) is 0 Å². The molecule has 3 heterocycles. The van der Waals surface area contributed by atoms with Crippen molar-refractivity contribution in [3.8, 4) is 0 Å². The van der Waals surface area contributed by atoms with Gasteiger partial charge in [-0.1, -0.05) is 36.9 Å². The number of hydrogen-bond donors (Lipinski definition) is 2. The lowest BCUT2D eigenvalue weighted by atomic mass is 9.95. The van der Waals surface area contributed by atoms with Gasteiger partial charge in [-0.05, 0) is 31.9 Å². The van der Waals surface area contributed by atoms with Crippen LogP contribution in [0, 0.1) is 0 Å². The number of aryl methyl sites for hydroxylation is 1. The molecule has 1 saturated carbocycles. The van der Waals surface area contributed by atoms with E-state index >= 15 is 0 Å². The first-order valence-corrected chi connectivity index (χ1v) is 10.5. The topological polar surface area (TPSA) is 84.7 Å². The van der Waals surface area contributed by atoms with Crippen molar-refractivity contribution >= 4 is 34.2 Å². The van der Waals surface area contributed by atoms with E-state index in [2.05, 4.69) is 25.7 Å². The summed E-state index contributed by atoms with van der Waals surface area (Å²) in [4.78, 5) is 21.8. The summed E-state index contributed by atoms with van der Waals surface area (Å²) in [6, 6.07) is 5.72. The van der Waals surface area contributed by atoms with Gasteiger partial charge in [0.25, 0.3) is 5.91 Å². The van der Waals surface area contributed by atoms with Crippen molar-refractivity contribution < 1.29 is 4.79 Å². The monoisotopic (exact) mass is 412 g/mol. The Morgan fingerprint density at radius 1 is 1.24 bits per heavy atom. The summed E-state index contributed by atoms with van der Waals surface area (Å²) in [5, 5.41) is 12.3. The van der Waals surface area contributed by atoms with Gasteiger partial charge in [-0.3, -0.25) is 4.79 Å². The van der Waals surface area contributed by atoms with Crippen molar-refractivity contribution in [2.24, 2.45) is 0 Å². The Hall–Kier alpha value is -2.67. The van der Waals surface area contributed by atoms with Crippen LogP contribution in [0.1, 0.15) is 55.1 Å². The summed E-state index contributed by atoms with van der Waals surface area (Å²) >= 11 is 5.94. The zero-order valence-corrected chi connectivity index (χ0v) is 17.2. The van der Waals surface area contributed by atoms with Gasteiger partial charge >= 0.3 is 0 Å². The zero-order valence-electron chi connectivity index (χ0n) is 16.5. The highest BCUT2D eigenvalue weighted by Gasteiger charge is 2.21. The Morgan fingerprint density at radius 3 is 2.83 bits per heavy atom. The third kappa shape index (κ3) is 4.34. The Balaban J connectivity index is 1.62. The normalized spacial score (nSPS) is 14.8. The summed E-state index contributed by atoms with van der Waals surface area (Å²) in [5.74, 6) is -0.191. The van der Waals surface area contributed by atoms with Crippen molar-refractivity contribution in [1.82, 2.24) is 25.1 Å². The standard InChI is InChI=1S/C21H25ClN6O/c1-2-28-20-16(13-25-28)19(27-14-7-4-3-5-8-14)17(12-23-20)21(29)24-11-15-9-6-10-18(22)26-15/h6,9-10,12-14H,2-5,7-8,11H2,1H3,(H,23,27)(H,24,29). The first-order valence-electron chi connectivity index (χ1n) is 10.2. The molecule has 152 valence electrons. The van der Waals surface area contributed by atoms with Gasteiger partial charge in [0.15, 0.2) is 5.65 Å². The van der Waals surface area contributed by atoms with E-state index < -0.39 is 0 Å². The molecular weight excluding hydrogens is 388 g/mol. The van der Waals surface area contributed by atoms with Gasteiger partial charge < -0.3 is 10.6 Å². The first kappa shape index (κ1) is 19.6. The van der Waals surface area contributed by atoms with Crippen molar-refractivity contribution in [2.75, 3.05) is 5.32 Å². The number of halogens is 1. The predicted octanol–water partition coefficient (Wildman–Crippen LogP) is 4.17. The van der Waals surface area contributed by atoms with Crippen LogP contribution in [0.15, 0.2) is 30.6 Å². The maximum Gasteiger partial charge on any atom is 0.255 e. The average Bonchev–Trinajstić information content (AvgIpc) is 3.17. The number of aromatic nitrogens is 4. The van der Waals surface area contributed by atoms with E-state index in [0.29, 0.717) is 29.0 Å². The molecule has 0 aliphatic heterocycles. The minimum Gasteiger partial charge on any atom is -0.381 e. The molecule has 0 atom stereocenters. The summed E-state index contributed by atoms with van der Waals surface area (Å²) in [5.41, 5.74) is 2.85. The maximum absolute atomic E-state index is 13.0. The maximum atomic E-state index is 13.0. The van der Waals surface area contributed by atoms with E-state index in [4.69, 9.17) is 11.6 Å². The molecule has 1 fully saturated rings. The van der Waals surface area contributed by atoms with E-state index in [1.165, 1.54) is 19.3 Å². The fourth-order valence-corrected chi connectivity index (χ4v) is 4.03. The summed E-state index contributed by atoms with van der Waals surface area (Å²) in [6.07, 6.45) is 9.36. The quantitative estimate of drug-likeness (QED) is 0.593. The number of carbonyl (C=O) groups is 1. The zero-order chi connectivity index (χ0) is 20.2. The molecule has 8 heteroatoms. The van der Waals surface area contributed by atoms with Crippen LogP contribution in [0.4, 0.5) is 5.69 Å². The number of nitrogens with one attached hydrogen (secondary N) is 2. The number of carbonyl (C=O) groups excluding carboxylic acids is 1. The number of rotatable bonds is 6. The average molecular weight is 413 g/mol. The van der Waals surface area contributed by atoms with Crippen LogP contribution in [0.25, 0.3) is 11.0 Å². The Kier molecular flexibility index (Phi) is 5.94. The van der Waals surface area contributed by atoms with Gasteiger partial charge in [-0.15, -0.1) is 0 Å². The molecule has 1 aliphatic rings. The molecule has 0 saturated heterocycles. The lowest BCUT2D eigenvalue weighted by Crippen LogP contribution is -2.28.